The maximum absolute atomic E-state index is 6.17. The van der Waals surface area contributed by atoms with Crippen LogP contribution >= 0.6 is 70.7 Å². The highest BCUT2D eigenvalue weighted by molar-refractivity contribution is 9.11. The number of nitrogens with one attached hydrogen (secondary N) is 1. The van der Waals surface area contributed by atoms with Crippen molar-refractivity contribution in [3.05, 3.63) is 52.5 Å². The Hall–Kier alpha value is 0.610. The van der Waals surface area contributed by atoms with Gasteiger partial charge in [-0.05, 0) is 58.7 Å². The van der Waals surface area contributed by atoms with Crippen LogP contribution in [0.5, 0.6) is 0 Å². The molecule has 108 valence electrons. The van der Waals surface area contributed by atoms with Gasteiger partial charge < -0.3 is 5.32 Å². The molecule has 20 heavy (non-hydrogen) atoms. The molecule has 0 saturated heterocycles. The molecular formula is C14H13Br3ClNS. The Morgan fingerprint density at radius 1 is 1.15 bits per heavy atom. The summed E-state index contributed by atoms with van der Waals surface area (Å²) in [6.07, 6.45) is 1.09. The fourth-order valence-electron chi connectivity index (χ4n) is 1.92. The van der Waals surface area contributed by atoms with Crippen molar-refractivity contribution in [2.45, 2.75) is 19.4 Å². The third-order valence-electron chi connectivity index (χ3n) is 2.77. The first-order valence-corrected chi connectivity index (χ1v) is 9.72. The van der Waals surface area contributed by atoms with E-state index in [2.05, 4.69) is 72.2 Å². The van der Waals surface area contributed by atoms with Gasteiger partial charge in [0.05, 0.1) is 14.9 Å². The van der Waals surface area contributed by atoms with E-state index in [9.17, 15) is 0 Å². The van der Waals surface area contributed by atoms with Crippen molar-refractivity contribution >= 4 is 70.7 Å². The van der Waals surface area contributed by atoms with Gasteiger partial charge in [0.15, 0.2) is 0 Å². The van der Waals surface area contributed by atoms with Gasteiger partial charge in [-0.2, -0.15) is 0 Å². The Balaban J connectivity index is 2.40. The van der Waals surface area contributed by atoms with Crippen molar-refractivity contribution in [3.8, 4) is 0 Å². The second kappa shape index (κ2) is 7.75. The maximum atomic E-state index is 6.17. The van der Waals surface area contributed by atoms with Crippen LogP contribution in [0.4, 0.5) is 0 Å². The van der Waals surface area contributed by atoms with Gasteiger partial charge in [0.1, 0.15) is 0 Å². The zero-order valence-corrected chi connectivity index (χ0v) is 17.1. The van der Waals surface area contributed by atoms with E-state index in [-0.39, 0.29) is 6.04 Å². The van der Waals surface area contributed by atoms with E-state index in [1.54, 1.807) is 11.3 Å². The van der Waals surface area contributed by atoms with Gasteiger partial charge in [0.25, 0.3) is 0 Å². The quantitative estimate of drug-likeness (QED) is 0.476. The molecule has 1 aromatic heterocycles. The summed E-state index contributed by atoms with van der Waals surface area (Å²) in [6, 6.07) is 8.49. The minimum atomic E-state index is 0.151. The molecule has 0 saturated carbocycles. The smallest absolute Gasteiger partial charge is 0.0888 e. The molecule has 0 aliphatic rings. The summed E-state index contributed by atoms with van der Waals surface area (Å²) < 4.78 is 3.10. The molecule has 1 nitrogen and oxygen atoms in total. The number of rotatable bonds is 5. The van der Waals surface area contributed by atoms with E-state index in [0.29, 0.717) is 0 Å². The Morgan fingerprint density at radius 3 is 2.30 bits per heavy atom. The topological polar surface area (TPSA) is 12.0 Å². The number of halogens is 4. The van der Waals surface area contributed by atoms with Crippen LogP contribution in [0.15, 0.2) is 37.0 Å². The lowest BCUT2D eigenvalue weighted by molar-refractivity contribution is 0.605. The Kier molecular flexibility index (Phi) is 6.57. The van der Waals surface area contributed by atoms with Gasteiger partial charge in [-0.3, -0.25) is 0 Å². The van der Waals surface area contributed by atoms with Crippen LogP contribution in [0, 0.1) is 0 Å². The van der Waals surface area contributed by atoms with Crippen LogP contribution in [0.25, 0.3) is 0 Å². The van der Waals surface area contributed by atoms with Gasteiger partial charge in [-0.25, -0.2) is 0 Å². The van der Waals surface area contributed by atoms with Crippen LogP contribution in [0.1, 0.15) is 29.8 Å². The summed E-state index contributed by atoms with van der Waals surface area (Å²) in [5.41, 5.74) is 1.21. The molecule has 0 spiro atoms. The van der Waals surface area contributed by atoms with Gasteiger partial charge in [-0.15, -0.1) is 11.3 Å². The van der Waals surface area contributed by atoms with Gasteiger partial charge in [0, 0.05) is 13.8 Å². The van der Waals surface area contributed by atoms with E-state index in [1.807, 2.05) is 12.1 Å². The van der Waals surface area contributed by atoms with Gasteiger partial charge in [-0.1, -0.05) is 50.4 Å². The first-order valence-electron chi connectivity index (χ1n) is 6.15. The van der Waals surface area contributed by atoms with Crippen molar-refractivity contribution in [1.29, 1.82) is 0 Å². The summed E-state index contributed by atoms with van der Waals surface area (Å²) in [4.78, 5) is 1.21. The SMILES string of the molecule is CCCNC(c1cc(Br)cc(Br)c1)c1cc(Cl)c(Br)s1. The lowest BCUT2D eigenvalue weighted by atomic mass is 10.1. The average Bonchev–Trinajstić information content (AvgIpc) is 2.69. The predicted molar refractivity (Wildman–Crippen MR) is 99.0 cm³/mol. The van der Waals surface area contributed by atoms with Crippen LogP contribution in [-0.4, -0.2) is 6.54 Å². The van der Waals surface area contributed by atoms with Gasteiger partial charge in [0.2, 0.25) is 0 Å². The molecule has 0 aliphatic carbocycles. The second-order valence-electron chi connectivity index (χ2n) is 4.36. The standard InChI is InChI=1S/C14H13Br3ClNS/c1-2-3-19-13(12-7-11(18)14(17)20-12)8-4-9(15)6-10(16)5-8/h4-7,13,19H,2-3H2,1H3. The first-order chi connectivity index (χ1) is 9.51. The Labute approximate surface area is 153 Å². The summed E-state index contributed by atoms with van der Waals surface area (Å²) in [7, 11) is 0. The summed E-state index contributed by atoms with van der Waals surface area (Å²) >= 11 is 18.4. The lowest BCUT2D eigenvalue weighted by Gasteiger charge is -2.18. The highest BCUT2D eigenvalue weighted by Crippen LogP contribution is 2.38. The molecule has 6 heteroatoms. The van der Waals surface area contributed by atoms with Gasteiger partial charge >= 0.3 is 0 Å². The summed E-state index contributed by atoms with van der Waals surface area (Å²) in [5.74, 6) is 0. The fourth-order valence-corrected chi connectivity index (χ4v) is 5.10. The van der Waals surface area contributed by atoms with E-state index in [4.69, 9.17) is 11.6 Å². The van der Waals surface area contributed by atoms with Crippen molar-refractivity contribution in [2.75, 3.05) is 6.54 Å². The molecule has 2 aromatic rings. The highest BCUT2D eigenvalue weighted by atomic mass is 79.9. The number of thiophene rings is 1. The van der Waals surface area contributed by atoms with E-state index >= 15 is 0 Å². The largest absolute Gasteiger partial charge is 0.306 e. The van der Waals surface area contributed by atoms with E-state index < -0.39 is 0 Å². The third kappa shape index (κ3) is 4.31. The Morgan fingerprint density at radius 2 is 1.80 bits per heavy atom. The molecule has 1 heterocycles. The maximum Gasteiger partial charge on any atom is 0.0888 e. The average molecular weight is 502 g/mol. The van der Waals surface area contributed by atoms with Crippen LogP contribution in [0.2, 0.25) is 5.02 Å². The monoisotopic (exact) mass is 499 g/mol. The molecule has 1 N–H and O–H groups in total. The number of hydrogen-bond acceptors (Lipinski definition) is 2. The predicted octanol–water partition coefficient (Wildman–Crippen LogP) is 6.78. The third-order valence-corrected chi connectivity index (χ3v) is 6.22. The molecule has 0 radical (unpaired) electrons. The second-order valence-corrected chi connectivity index (χ2v) is 9.00. The van der Waals surface area contributed by atoms with Crippen LogP contribution in [0.3, 0.4) is 0 Å². The van der Waals surface area contributed by atoms with Crippen LogP contribution < -0.4 is 5.32 Å². The van der Waals surface area contributed by atoms with Crippen molar-refractivity contribution in [3.63, 3.8) is 0 Å². The molecule has 1 aromatic carbocycles. The minimum Gasteiger partial charge on any atom is -0.306 e. The van der Waals surface area contributed by atoms with Crippen molar-refractivity contribution in [1.82, 2.24) is 5.32 Å². The molecule has 0 aliphatic heterocycles. The normalized spacial score (nSPS) is 12.7. The molecular weight excluding hydrogens is 489 g/mol. The zero-order chi connectivity index (χ0) is 14.7. The van der Waals surface area contributed by atoms with Crippen molar-refractivity contribution in [2.24, 2.45) is 0 Å². The lowest BCUT2D eigenvalue weighted by Crippen LogP contribution is -2.22. The number of hydrogen-bond donors (Lipinski definition) is 1. The van der Waals surface area contributed by atoms with E-state index in [1.165, 1.54) is 10.4 Å². The zero-order valence-electron chi connectivity index (χ0n) is 10.7. The van der Waals surface area contributed by atoms with E-state index in [0.717, 1.165) is 30.7 Å². The van der Waals surface area contributed by atoms with Crippen LogP contribution in [-0.2, 0) is 0 Å². The fraction of sp³-hybridized carbons (Fsp3) is 0.286. The number of benzene rings is 1. The molecule has 1 unspecified atom stereocenters. The molecule has 0 amide bonds. The molecule has 1 atom stereocenters. The molecule has 0 bridgehead atoms. The minimum absolute atomic E-state index is 0.151. The Bertz CT molecular complexity index is 560. The van der Waals surface area contributed by atoms with Crippen molar-refractivity contribution < 1.29 is 0 Å². The summed E-state index contributed by atoms with van der Waals surface area (Å²) in [5, 5.41) is 4.35. The first kappa shape index (κ1) is 17.0. The highest BCUT2D eigenvalue weighted by Gasteiger charge is 2.18. The molecule has 0 fully saturated rings. The summed E-state index contributed by atoms with van der Waals surface area (Å²) in [6.45, 7) is 3.13. The molecule has 2 rings (SSSR count).